The zero-order valence-corrected chi connectivity index (χ0v) is 23.0. The van der Waals surface area contributed by atoms with E-state index in [4.69, 9.17) is 18.9 Å². The zero-order chi connectivity index (χ0) is 26.6. The molecule has 9 heteroatoms. The Kier molecular flexibility index (Phi) is 8.34. The topological polar surface area (TPSA) is 96.0 Å². The van der Waals surface area contributed by atoms with Gasteiger partial charge in [0.05, 0.1) is 36.6 Å². The van der Waals surface area contributed by atoms with Crippen LogP contribution in [0.5, 0.6) is 5.75 Å². The molecule has 2 aromatic carbocycles. The van der Waals surface area contributed by atoms with E-state index in [0.29, 0.717) is 41.4 Å². The minimum atomic E-state index is -0.659. The maximum Gasteiger partial charge on any atom is 0.341 e. The lowest BCUT2D eigenvalue weighted by atomic mass is 10.1. The second-order valence-corrected chi connectivity index (χ2v) is 10.6. The molecule has 0 saturated carbocycles. The minimum Gasteiger partial charge on any atom is -0.490 e. The van der Waals surface area contributed by atoms with E-state index in [9.17, 15) is 9.59 Å². The number of nitrogens with one attached hydrogen (secondary N) is 1. The molecular formula is C28H31BrN2O6. The number of aromatic nitrogens is 1. The van der Waals surface area contributed by atoms with Crippen molar-refractivity contribution in [1.82, 2.24) is 4.98 Å². The Morgan fingerprint density at radius 2 is 1.86 bits per heavy atom. The summed E-state index contributed by atoms with van der Waals surface area (Å²) in [6.45, 7) is 8.69. The molecular weight excluding hydrogens is 540 g/mol. The number of hydrogen-bond acceptors (Lipinski definition) is 8. The number of ether oxygens (including phenoxy) is 4. The van der Waals surface area contributed by atoms with Gasteiger partial charge in [-0.3, -0.25) is 4.98 Å². The van der Waals surface area contributed by atoms with Crippen molar-refractivity contribution < 1.29 is 28.5 Å². The van der Waals surface area contributed by atoms with Gasteiger partial charge >= 0.3 is 11.9 Å². The van der Waals surface area contributed by atoms with Crippen LogP contribution in [-0.4, -0.2) is 48.4 Å². The molecule has 1 fully saturated rings. The van der Waals surface area contributed by atoms with E-state index in [2.05, 4.69) is 26.2 Å². The fourth-order valence-corrected chi connectivity index (χ4v) is 4.34. The second-order valence-electron chi connectivity index (χ2n) is 9.73. The quantitative estimate of drug-likeness (QED) is 0.324. The molecule has 0 bridgehead atoms. The van der Waals surface area contributed by atoms with E-state index in [1.165, 1.54) is 6.20 Å². The van der Waals surface area contributed by atoms with Crippen LogP contribution in [0.2, 0.25) is 0 Å². The summed E-state index contributed by atoms with van der Waals surface area (Å²) in [5.41, 5.74) is 1.73. The lowest BCUT2D eigenvalue weighted by Crippen LogP contribution is -2.26. The van der Waals surface area contributed by atoms with Gasteiger partial charge in [0.2, 0.25) is 0 Å². The Hall–Kier alpha value is -3.17. The van der Waals surface area contributed by atoms with Crippen molar-refractivity contribution >= 4 is 50.1 Å². The van der Waals surface area contributed by atoms with Crippen molar-refractivity contribution in [3.8, 4) is 5.75 Å². The molecule has 0 atom stereocenters. The Morgan fingerprint density at radius 1 is 1.11 bits per heavy atom. The summed E-state index contributed by atoms with van der Waals surface area (Å²) in [4.78, 5) is 30.3. The number of nitrogens with zero attached hydrogens (tertiary/aromatic N) is 1. The highest BCUT2D eigenvalue weighted by Crippen LogP contribution is 2.34. The number of anilines is 2. The molecule has 1 N–H and O–H groups in total. The highest BCUT2D eigenvalue weighted by Gasteiger charge is 2.22. The van der Waals surface area contributed by atoms with Crippen LogP contribution in [0.15, 0.2) is 47.1 Å². The molecule has 1 aliphatic heterocycles. The first kappa shape index (κ1) is 26.9. The van der Waals surface area contributed by atoms with Crippen LogP contribution in [0.25, 0.3) is 10.9 Å². The van der Waals surface area contributed by atoms with Gasteiger partial charge in [0.15, 0.2) is 0 Å². The number of esters is 2. The van der Waals surface area contributed by atoms with Gasteiger partial charge in [-0.25, -0.2) is 9.59 Å². The summed E-state index contributed by atoms with van der Waals surface area (Å²) in [7, 11) is 0. The van der Waals surface area contributed by atoms with Crippen LogP contribution in [0.4, 0.5) is 11.4 Å². The third kappa shape index (κ3) is 6.99. The number of pyridine rings is 1. The molecule has 196 valence electrons. The third-order valence-corrected chi connectivity index (χ3v) is 6.10. The van der Waals surface area contributed by atoms with Crippen molar-refractivity contribution in [1.29, 1.82) is 0 Å². The first-order valence-electron chi connectivity index (χ1n) is 12.3. The highest BCUT2D eigenvalue weighted by atomic mass is 79.9. The summed E-state index contributed by atoms with van der Waals surface area (Å²) in [5.74, 6) is -0.442. The first-order chi connectivity index (χ1) is 17.6. The Bertz CT molecular complexity index is 1300. The van der Waals surface area contributed by atoms with E-state index >= 15 is 0 Å². The monoisotopic (exact) mass is 570 g/mol. The maximum atomic E-state index is 13.0. The van der Waals surface area contributed by atoms with Gasteiger partial charge in [-0.1, -0.05) is 15.9 Å². The predicted molar refractivity (Wildman–Crippen MR) is 145 cm³/mol. The van der Waals surface area contributed by atoms with E-state index in [1.807, 2.05) is 45.0 Å². The van der Waals surface area contributed by atoms with Crippen molar-refractivity contribution in [2.75, 3.05) is 25.1 Å². The number of hydrogen-bond donors (Lipinski definition) is 1. The fraction of sp³-hybridized carbons (Fsp3) is 0.393. The molecule has 0 radical (unpaired) electrons. The maximum absolute atomic E-state index is 13.0. The largest absolute Gasteiger partial charge is 0.490 e. The number of carbonyl (C=O) groups is 2. The van der Waals surface area contributed by atoms with Crippen LogP contribution in [0.1, 0.15) is 61.3 Å². The van der Waals surface area contributed by atoms with Gasteiger partial charge in [-0.05, 0) is 58.0 Å². The van der Waals surface area contributed by atoms with E-state index in [1.54, 1.807) is 19.1 Å². The fourth-order valence-electron chi connectivity index (χ4n) is 3.99. The Labute approximate surface area is 224 Å². The molecule has 4 rings (SSSR count). The smallest absolute Gasteiger partial charge is 0.341 e. The van der Waals surface area contributed by atoms with Crippen molar-refractivity contribution in [2.24, 2.45) is 0 Å². The lowest BCUT2D eigenvalue weighted by Gasteiger charge is -2.24. The average molecular weight is 571 g/mol. The van der Waals surface area contributed by atoms with Crippen LogP contribution >= 0.6 is 15.9 Å². The molecule has 8 nitrogen and oxygen atoms in total. The van der Waals surface area contributed by atoms with Gasteiger partial charge in [0.25, 0.3) is 0 Å². The van der Waals surface area contributed by atoms with Crippen LogP contribution in [0, 0.1) is 0 Å². The number of rotatable bonds is 7. The number of benzene rings is 2. The summed E-state index contributed by atoms with van der Waals surface area (Å²) >= 11 is 3.47. The Morgan fingerprint density at radius 3 is 2.57 bits per heavy atom. The number of fused-ring (bicyclic) bond motifs is 1. The SMILES string of the molecule is CCOC(=O)c1cnc2cc(Br)ccc2c1Nc1cc(OC2CCOCC2)cc(C(=O)OC(C)(C)C)c1. The molecule has 0 unspecified atom stereocenters. The molecule has 0 spiro atoms. The van der Waals surface area contributed by atoms with Crippen molar-refractivity contribution in [3.05, 3.63) is 58.2 Å². The highest BCUT2D eigenvalue weighted by molar-refractivity contribution is 9.10. The van der Waals surface area contributed by atoms with E-state index < -0.39 is 17.5 Å². The summed E-state index contributed by atoms with van der Waals surface area (Å²) in [5, 5.41) is 4.07. The summed E-state index contributed by atoms with van der Waals surface area (Å²) in [6.07, 6.45) is 2.99. The molecule has 1 aliphatic rings. The molecule has 37 heavy (non-hydrogen) atoms. The standard InChI is InChI=1S/C28H31BrN2O6/c1-5-35-27(33)23-16-30-24-14-18(29)6-7-22(24)25(23)31-19-12-17(26(32)37-28(2,3)4)13-21(15-19)36-20-8-10-34-11-9-20/h6-7,12-16,20H,5,8-11H2,1-4H3,(H,30,31). The normalized spacial score (nSPS) is 14.3. The van der Waals surface area contributed by atoms with Crippen LogP contribution in [0.3, 0.4) is 0 Å². The van der Waals surface area contributed by atoms with Crippen LogP contribution in [-0.2, 0) is 14.2 Å². The lowest BCUT2D eigenvalue weighted by molar-refractivity contribution is 0.00663. The van der Waals surface area contributed by atoms with Gasteiger partial charge in [-0.2, -0.15) is 0 Å². The van der Waals surface area contributed by atoms with Crippen molar-refractivity contribution in [2.45, 2.75) is 52.2 Å². The average Bonchev–Trinajstić information content (AvgIpc) is 2.83. The zero-order valence-electron chi connectivity index (χ0n) is 21.4. The molecule has 1 saturated heterocycles. The Balaban J connectivity index is 1.78. The van der Waals surface area contributed by atoms with Gasteiger partial charge in [0, 0.05) is 40.7 Å². The molecule has 3 aromatic rings. The summed E-state index contributed by atoms with van der Waals surface area (Å²) in [6, 6.07) is 10.8. The number of carbonyl (C=O) groups excluding carboxylic acids is 2. The third-order valence-electron chi connectivity index (χ3n) is 5.61. The summed E-state index contributed by atoms with van der Waals surface area (Å²) < 4.78 is 23.4. The van der Waals surface area contributed by atoms with Crippen molar-refractivity contribution in [3.63, 3.8) is 0 Å². The first-order valence-corrected chi connectivity index (χ1v) is 13.1. The van der Waals surface area contributed by atoms with Gasteiger partial charge in [0.1, 0.15) is 23.0 Å². The van der Waals surface area contributed by atoms with E-state index in [-0.39, 0.29) is 18.3 Å². The van der Waals surface area contributed by atoms with E-state index in [0.717, 1.165) is 22.7 Å². The van der Waals surface area contributed by atoms with Gasteiger partial charge in [-0.15, -0.1) is 0 Å². The number of halogens is 1. The molecule has 0 amide bonds. The minimum absolute atomic E-state index is 0.0234. The second kappa shape index (κ2) is 11.5. The predicted octanol–water partition coefficient (Wildman–Crippen LogP) is 6.43. The van der Waals surface area contributed by atoms with Crippen LogP contribution < -0.4 is 10.1 Å². The van der Waals surface area contributed by atoms with Gasteiger partial charge < -0.3 is 24.3 Å². The molecule has 2 heterocycles. The molecule has 0 aliphatic carbocycles. The molecule has 1 aromatic heterocycles.